The SMILES string of the molecule is C[C@H](C(=O)NCCCc1ncc[nH]1)N(c1ccccc1)S(C)(=O)=O. The Morgan fingerprint density at radius 2 is 2.04 bits per heavy atom. The summed E-state index contributed by atoms with van der Waals surface area (Å²) in [5.74, 6) is 0.531. The Labute approximate surface area is 142 Å². The van der Waals surface area contributed by atoms with Crippen molar-refractivity contribution in [1.82, 2.24) is 15.3 Å². The lowest BCUT2D eigenvalue weighted by molar-refractivity contribution is -0.121. The van der Waals surface area contributed by atoms with Gasteiger partial charge in [0.25, 0.3) is 0 Å². The van der Waals surface area contributed by atoms with Crippen LogP contribution in [0.4, 0.5) is 5.69 Å². The van der Waals surface area contributed by atoms with Crippen LogP contribution in [0.3, 0.4) is 0 Å². The maximum atomic E-state index is 12.3. The zero-order valence-electron chi connectivity index (χ0n) is 13.8. The number of anilines is 1. The summed E-state index contributed by atoms with van der Waals surface area (Å²) in [5, 5.41) is 2.78. The molecule has 0 aliphatic carbocycles. The van der Waals surface area contributed by atoms with Crippen LogP contribution >= 0.6 is 0 Å². The lowest BCUT2D eigenvalue weighted by atomic mass is 10.2. The van der Waals surface area contributed by atoms with Crippen molar-refractivity contribution in [2.45, 2.75) is 25.8 Å². The van der Waals surface area contributed by atoms with Crippen molar-refractivity contribution in [2.24, 2.45) is 0 Å². The van der Waals surface area contributed by atoms with Gasteiger partial charge >= 0.3 is 0 Å². The van der Waals surface area contributed by atoms with Gasteiger partial charge in [-0.25, -0.2) is 13.4 Å². The van der Waals surface area contributed by atoms with E-state index < -0.39 is 16.1 Å². The Morgan fingerprint density at radius 1 is 1.33 bits per heavy atom. The Balaban J connectivity index is 1.96. The van der Waals surface area contributed by atoms with Gasteiger partial charge in [0.05, 0.1) is 11.9 Å². The summed E-state index contributed by atoms with van der Waals surface area (Å²) in [7, 11) is -3.57. The third-order valence-electron chi connectivity index (χ3n) is 3.54. The van der Waals surface area contributed by atoms with Crippen molar-refractivity contribution in [1.29, 1.82) is 0 Å². The van der Waals surface area contributed by atoms with Gasteiger partial charge in [-0.1, -0.05) is 18.2 Å². The van der Waals surface area contributed by atoms with E-state index >= 15 is 0 Å². The van der Waals surface area contributed by atoms with Crippen LogP contribution in [0.25, 0.3) is 0 Å². The van der Waals surface area contributed by atoms with Crippen molar-refractivity contribution in [2.75, 3.05) is 17.1 Å². The molecule has 2 aromatic rings. The van der Waals surface area contributed by atoms with Gasteiger partial charge in [-0.2, -0.15) is 0 Å². The molecule has 0 saturated carbocycles. The lowest BCUT2D eigenvalue weighted by Crippen LogP contribution is -2.48. The smallest absolute Gasteiger partial charge is 0.243 e. The van der Waals surface area contributed by atoms with Crippen LogP contribution in [0.1, 0.15) is 19.2 Å². The molecule has 0 unspecified atom stereocenters. The standard InChI is InChI=1S/C16H22N4O3S/c1-13(16(21)19-10-6-9-15-17-11-12-18-15)20(24(2,22)23)14-7-4-3-5-8-14/h3-5,7-8,11-13H,6,9-10H2,1-2H3,(H,17,18)(H,19,21)/t13-/m1/s1. The molecule has 0 fully saturated rings. The number of benzene rings is 1. The largest absolute Gasteiger partial charge is 0.354 e. The van der Waals surface area contributed by atoms with E-state index in [9.17, 15) is 13.2 Å². The van der Waals surface area contributed by atoms with Gasteiger partial charge in [0.1, 0.15) is 11.9 Å². The van der Waals surface area contributed by atoms with Crippen LogP contribution in [-0.4, -0.2) is 43.1 Å². The molecule has 0 saturated heterocycles. The number of carbonyl (C=O) groups excluding carboxylic acids is 1. The number of imidazole rings is 1. The molecule has 1 heterocycles. The third-order valence-corrected chi connectivity index (χ3v) is 4.79. The summed E-state index contributed by atoms with van der Waals surface area (Å²) in [5.41, 5.74) is 0.471. The first-order valence-corrected chi connectivity index (χ1v) is 9.55. The number of amides is 1. The fourth-order valence-corrected chi connectivity index (χ4v) is 3.61. The van der Waals surface area contributed by atoms with Crippen LogP contribution < -0.4 is 9.62 Å². The highest BCUT2D eigenvalue weighted by Crippen LogP contribution is 2.20. The maximum absolute atomic E-state index is 12.3. The van der Waals surface area contributed by atoms with E-state index in [4.69, 9.17) is 0 Å². The highest BCUT2D eigenvalue weighted by molar-refractivity contribution is 7.92. The van der Waals surface area contributed by atoms with E-state index in [2.05, 4.69) is 15.3 Å². The van der Waals surface area contributed by atoms with Crippen molar-refractivity contribution in [3.8, 4) is 0 Å². The zero-order valence-corrected chi connectivity index (χ0v) is 14.6. The topological polar surface area (TPSA) is 95.2 Å². The molecule has 1 aromatic heterocycles. The quantitative estimate of drug-likeness (QED) is 0.702. The minimum Gasteiger partial charge on any atom is -0.354 e. The Kier molecular flexibility index (Phi) is 5.97. The number of aromatic amines is 1. The molecule has 1 amide bonds. The number of hydrogen-bond acceptors (Lipinski definition) is 4. The second-order valence-corrected chi connectivity index (χ2v) is 7.36. The van der Waals surface area contributed by atoms with E-state index in [1.54, 1.807) is 49.6 Å². The molecule has 1 atom stereocenters. The number of hydrogen-bond donors (Lipinski definition) is 2. The van der Waals surface area contributed by atoms with Gasteiger partial charge in [-0.3, -0.25) is 9.10 Å². The van der Waals surface area contributed by atoms with Gasteiger partial charge in [0, 0.05) is 25.4 Å². The average molecular weight is 350 g/mol. The summed E-state index contributed by atoms with van der Waals surface area (Å²) in [6, 6.07) is 7.78. The molecule has 130 valence electrons. The number of nitrogens with zero attached hydrogens (tertiary/aromatic N) is 2. The van der Waals surface area contributed by atoms with Crippen molar-refractivity contribution >= 4 is 21.6 Å². The number of H-pyrrole nitrogens is 1. The van der Waals surface area contributed by atoms with Crippen LogP contribution in [0.5, 0.6) is 0 Å². The Hall–Kier alpha value is -2.35. The van der Waals surface area contributed by atoms with Gasteiger partial charge in [-0.05, 0) is 25.5 Å². The van der Waals surface area contributed by atoms with Gasteiger partial charge < -0.3 is 10.3 Å². The first kappa shape index (κ1) is 18.0. The van der Waals surface area contributed by atoms with Gasteiger partial charge in [0.2, 0.25) is 15.9 Å². The summed E-state index contributed by atoms with van der Waals surface area (Å²) in [6.45, 7) is 2.03. The van der Waals surface area contributed by atoms with E-state index in [1.807, 2.05) is 0 Å². The van der Waals surface area contributed by atoms with E-state index in [0.717, 1.165) is 29.2 Å². The summed E-state index contributed by atoms with van der Waals surface area (Å²) in [4.78, 5) is 19.4. The summed E-state index contributed by atoms with van der Waals surface area (Å²) in [6.07, 6.45) is 5.96. The second kappa shape index (κ2) is 7.96. The zero-order chi connectivity index (χ0) is 17.6. The second-order valence-electron chi connectivity index (χ2n) is 5.50. The van der Waals surface area contributed by atoms with Crippen LogP contribution in [0.2, 0.25) is 0 Å². The molecule has 0 aliphatic heterocycles. The summed E-state index contributed by atoms with van der Waals surface area (Å²) >= 11 is 0. The molecule has 0 radical (unpaired) electrons. The van der Waals surface area contributed by atoms with Crippen molar-refractivity contribution in [3.63, 3.8) is 0 Å². The molecular formula is C16H22N4O3S. The molecule has 2 N–H and O–H groups in total. The van der Waals surface area contributed by atoms with Crippen molar-refractivity contribution in [3.05, 3.63) is 48.5 Å². The molecule has 0 bridgehead atoms. The van der Waals surface area contributed by atoms with Gasteiger partial charge in [0.15, 0.2) is 0 Å². The molecule has 24 heavy (non-hydrogen) atoms. The number of para-hydroxylation sites is 1. The lowest BCUT2D eigenvalue weighted by Gasteiger charge is -2.28. The molecule has 1 aromatic carbocycles. The maximum Gasteiger partial charge on any atom is 0.243 e. The minimum absolute atomic E-state index is 0.330. The van der Waals surface area contributed by atoms with Crippen LogP contribution in [-0.2, 0) is 21.2 Å². The van der Waals surface area contributed by atoms with Crippen LogP contribution in [0.15, 0.2) is 42.7 Å². The first-order chi connectivity index (χ1) is 11.4. The predicted octanol–water partition coefficient (Wildman–Crippen LogP) is 1.31. The normalized spacial score (nSPS) is 12.6. The third kappa shape index (κ3) is 4.82. The fraction of sp³-hybridized carbons (Fsp3) is 0.375. The molecule has 0 aliphatic rings. The number of nitrogens with one attached hydrogen (secondary N) is 2. The number of rotatable bonds is 8. The predicted molar refractivity (Wildman–Crippen MR) is 93.1 cm³/mol. The Bertz CT molecular complexity index is 745. The van der Waals surface area contributed by atoms with Crippen LogP contribution in [0, 0.1) is 0 Å². The van der Waals surface area contributed by atoms with Gasteiger partial charge in [-0.15, -0.1) is 0 Å². The number of carbonyl (C=O) groups is 1. The van der Waals surface area contributed by atoms with E-state index in [-0.39, 0.29) is 5.91 Å². The molecule has 8 heteroatoms. The molecule has 7 nitrogen and oxygen atoms in total. The number of aromatic nitrogens is 2. The first-order valence-electron chi connectivity index (χ1n) is 7.70. The highest BCUT2D eigenvalue weighted by atomic mass is 32.2. The van der Waals surface area contributed by atoms with Crippen molar-refractivity contribution < 1.29 is 13.2 Å². The monoisotopic (exact) mass is 350 g/mol. The average Bonchev–Trinajstić information content (AvgIpc) is 3.04. The molecule has 2 rings (SSSR count). The van der Waals surface area contributed by atoms with E-state index in [0.29, 0.717) is 12.2 Å². The Morgan fingerprint density at radius 3 is 2.62 bits per heavy atom. The molecular weight excluding hydrogens is 328 g/mol. The van der Waals surface area contributed by atoms with E-state index in [1.165, 1.54) is 0 Å². The summed E-state index contributed by atoms with van der Waals surface area (Å²) < 4.78 is 25.3. The number of sulfonamides is 1. The highest BCUT2D eigenvalue weighted by Gasteiger charge is 2.28. The number of aryl methyl sites for hydroxylation is 1. The minimum atomic E-state index is -3.57. The molecule has 0 spiro atoms. The fourth-order valence-electron chi connectivity index (χ4n) is 2.43.